The van der Waals surface area contributed by atoms with Gasteiger partial charge in [-0.15, -0.1) is 11.6 Å². The van der Waals surface area contributed by atoms with Crippen molar-refractivity contribution < 1.29 is 4.79 Å². The molecule has 0 radical (unpaired) electrons. The lowest BCUT2D eigenvalue weighted by Crippen LogP contribution is -2.38. The topological polar surface area (TPSA) is 59.8 Å². The molecule has 0 aliphatic carbocycles. The van der Waals surface area contributed by atoms with Crippen molar-refractivity contribution >= 4 is 44.6 Å². The van der Waals surface area contributed by atoms with Crippen LogP contribution in [0.5, 0.6) is 0 Å². The van der Waals surface area contributed by atoms with Crippen LogP contribution in [0, 0.1) is 5.41 Å². The third kappa shape index (κ3) is 2.81. The normalized spacial score (nSPS) is 11.8. The lowest BCUT2D eigenvalue weighted by Gasteiger charge is -2.24. The Balaban J connectivity index is 2.50. The maximum atomic E-state index is 11.9. The van der Waals surface area contributed by atoms with Gasteiger partial charge in [0.2, 0.25) is 5.91 Å². The molecule has 0 saturated heterocycles. The highest BCUT2D eigenvalue weighted by Crippen LogP contribution is 2.25. The molecule has 108 valence electrons. The molecule has 0 unspecified atom stereocenters. The van der Waals surface area contributed by atoms with Gasteiger partial charge in [-0.1, -0.05) is 0 Å². The van der Waals surface area contributed by atoms with E-state index in [1.54, 1.807) is 13.2 Å². The van der Waals surface area contributed by atoms with Crippen LogP contribution in [0.1, 0.15) is 19.7 Å². The maximum Gasteiger partial charge on any atom is 0.227 e. The van der Waals surface area contributed by atoms with E-state index in [2.05, 4.69) is 31.2 Å². The van der Waals surface area contributed by atoms with Gasteiger partial charge in [0, 0.05) is 24.3 Å². The van der Waals surface area contributed by atoms with Crippen LogP contribution in [0.2, 0.25) is 0 Å². The first-order valence-electron chi connectivity index (χ1n) is 6.18. The maximum absolute atomic E-state index is 11.9. The van der Waals surface area contributed by atoms with Crippen molar-refractivity contribution in [2.75, 3.05) is 7.05 Å². The Morgan fingerprint density at radius 1 is 1.55 bits per heavy atom. The van der Waals surface area contributed by atoms with E-state index in [0.29, 0.717) is 12.4 Å². The summed E-state index contributed by atoms with van der Waals surface area (Å²) < 4.78 is 2.77. The van der Waals surface area contributed by atoms with E-state index in [1.165, 1.54) is 0 Å². The molecule has 0 aliphatic rings. The monoisotopic (exact) mass is 358 g/mol. The average Bonchev–Trinajstić information content (AvgIpc) is 2.74. The Hall–Kier alpha value is -1.14. The van der Waals surface area contributed by atoms with Gasteiger partial charge in [0.1, 0.15) is 11.3 Å². The third-order valence-electron chi connectivity index (χ3n) is 3.15. The summed E-state index contributed by atoms with van der Waals surface area (Å²) in [7, 11) is 1.63. The molecule has 0 aliphatic heterocycles. The first-order valence-corrected chi connectivity index (χ1v) is 7.50. The predicted octanol–water partition coefficient (Wildman–Crippen LogP) is 2.70. The minimum atomic E-state index is -0.571. The molecule has 5 nitrogen and oxygen atoms in total. The second kappa shape index (κ2) is 5.69. The van der Waals surface area contributed by atoms with Gasteiger partial charge in [-0.05, 0) is 35.8 Å². The van der Waals surface area contributed by atoms with E-state index in [-0.39, 0.29) is 11.8 Å². The van der Waals surface area contributed by atoms with Gasteiger partial charge in [0.25, 0.3) is 0 Å². The number of nitrogens with one attached hydrogen (secondary N) is 1. The number of imidazole rings is 1. The van der Waals surface area contributed by atoms with Crippen molar-refractivity contribution in [3.8, 4) is 0 Å². The smallest absolute Gasteiger partial charge is 0.227 e. The number of fused-ring (bicyclic) bond motifs is 1. The van der Waals surface area contributed by atoms with Crippen LogP contribution in [0.25, 0.3) is 11.2 Å². The molecule has 7 heteroatoms. The van der Waals surface area contributed by atoms with Crippen LogP contribution in [-0.4, -0.2) is 27.5 Å². The largest absolute Gasteiger partial charge is 0.359 e. The number of rotatable bonds is 4. The van der Waals surface area contributed by atoms with Crippen molar-refractivity contribution in [1.29, 1.82) is 0 Å². The minimum absolute atomic E-state index is 0.0306. The standard InChI is InChI=1S/C13H16BrClN4O/c1-13(2,12(20)16-3)7-19-10(5-15)18-9-4-8(14)6-17-11(9)19/h4,6H,5,7H2,1-3H3,(H,16,20). The van der Waals surface area contributed by atoms with E-state index in [9.17, 15) is 4.79 Å². The molecule has 2 rings (SSSR count). The summed E-state index contributed by atoms with van der Waals surface area (Å²) in [5.41, 5.74) is 0.932. The Labute approximate surface area is 130 Å². The van der Waals surface area contributed by atoms with E-state index in [1.807, 2.05) is 24.5 Å². The molecule has 20 heavy (non-hydrogen) atoms. The number of nitrogens with zero attached hydrogens (tertiary/aromatic N) is 3. The fourth-order valence-corrected chi connectivity index (χ4v) is 2.63. The third-order valence-corrected chi connectivity index (χ3v) is 3.82. The van der Waals surface area contributed by atoms with Gasteiger partial charge in [0.15, 0.2) is 5.65 Å². The molecule has 2 aromatic rings. The number of halogens is 2. The van der Waals surface area contributed by atoms with Crippen molar-refractivity contribution in [2.45, 2.75) is 26.3 Å². The van der Waals surface area contributed by atoms with E-state index >= 15 is 0 Å². The van der Waals surface area contributed by atoms with Crippen molar-refractivity contribution in [2.24, 2.45) is 5.41 Å². The van der Waals surface area contributed by atoms with E-state index in [0.717, 1.165) is 15.6 Å². The Bertz CT molecular complexity index is 653. The molecule has 0 saturated carbocycles. The number of pyridine rings is 1. The van der Waals surface area contributed by atoms with Crippen LogP contribution in [0.3, 0.4) is 0 Å². The summed E-state index contributed by atoms with van der Waals surface area (Å²) in [5, 5.41) is 2.68. The average molecular weight is 360 g/mol. The minimum Gasteiger partial charge on any atom is -0.359 e. The predicted molar refractivity (Wildman–Crippen MR) is 82.6 cm³/mol. The molecule has 2 aromatic heterocycles. The Morgan fingerprint density at radius 3 is 2.85 bits per heavy atom. The van der Waals surface area contributed by atoms with Gasteiger partial charge in [0.05, 0.1) is 11.3 Å². The van der Waals surface area contributed by atoms with Crippen LogP contribution in [0.4, 0.5) is 0 Å². The summed E-state index contributed by atoms with van der Waals surface area (Å²) in [5.74, 6) is 0.957. The number of hydrogen-bond acceptors (Lipinski definition) is 3. The molecule has 0 aromatic carbocycles. The fraction of sp³-hybridized carbons (Fsp3) is 0.462. The highest BCUT2D eigenvalue weighted by molar-refractivity contribution is 9.10. The highest BCUT2D eigenvalue weighted by atomic mass is 79.9. The number of alkyl halides is 1. The molecule has 2 heterocycles. The van der Waals surface area contributed by atoms with Gasteiger partial charge in [-0.3, -0.25) is 4.79 Å². The van der Waals surface area contributed by atoms with Gasteiger partial charge < -0.3 is 9.88 Å². The molecule has 0 atom stereocenters. The summed E-state index contributed by atoms with van der Waals surface area (Å²) in [6, 6.07) is 1.89. The summed E-state index contributed by atoms with van der Waals surface area (Å²) in [6.45, 7) is 4.24. The lowest BCUT2D eigenvalue weighted by molar-refractivity contribution is -0.129. The molecule has 0 spiro atoms. The van der Waals surface area contributed by atoms with Crippen molar-refractivity contribution in [1.82, 2.24) is 19.9 Å². The molecular formula is C13H16BrClN4O. The summed E-state index contributed by atoms with van der Waals surface area (Å²) in [6.07, 6.45) is 1.71. The number of aromatic nitrogens is 3. The molecule has 1 amide bonds. The highest BCUT2D eigenvalue weighted by Gasteiger charge is 2.29. The number of amides is 1. The molecule has 0 bridgehead atoms. The SMILES string of the molecule is CNC(=O)C(C)(C)Cn1c(CCl)nc2cc(Br)cnc21. The summed E-state index contributed by atoms with van der Waals surface area (Å²) >= 11 is 9.34. The molecular weight excluding hydrogens is 344 g/mol. The van der Waals surface area contributed by atoms with E-state index < -0.39 is 5.41 Å². The Morgan fingerprint density at radius 2 is 2.25 bits per heavy atom. The number of carbonyl (C=O) groups excluding carboxylic acids is 1. The fourth-order valence-electron chi connectivity index (χ4n) is 2.11. The second-order valence-electron chi connectivity index (χ2n) is 5.21. The first kappa shape index (κ1) is 15.3. The van der Waals surface area contributed by atoms with Crippen LogP contribution >= 0.6 is 27.5 Å². The number of carbonyl (C=O) groups is 1. The van der Waals surface area contributed by atoms with E-state index in [4.69, 9.17) is 11.6 Å². The zero-order chi connectivity index (χ0) is 14.9. The zero-order valence-corrected chi connectivity index (χ0v) is 13.9. The van der Waals surface area contributed by atoms with Crippen molar-refractivity contribution in [3.05, 3.63) is 22.6 Å². The van der Waals surface area contributed by atoms with Gasteiger partial charge in [-0.25, -0.2) is 9.97 Å². The Kier molecular flexibility index (Phi) is 4.34. The lowest BCUT2D eigenvalue weighted by atomic mass is 9.92. The van der Waals surface area contributed by atoms with Crippen LogP contribution in [0.15, 0.2) is 16.7 Å². The summed E-state index contributed by atoms with van der Waals surface area (Å²) in [4.78, 5) is 20.8. The van der Waals surface area contributed by atoms with Crippen LogP contribution in [-0.2, 0) is 17.2 Å². The van der Waals surface area contributed by atoms with Crippen molar-refractivity contribution in [3.63, 3.8) is 0 Å². The second-order valence-corrected chi connectivity index (χ2v) is 6.39. The zero-order valence-electron chi connectivity index (χ0n) is 11.6. The van der Waals surface area contributed by atoms with Crippen LogP contribution < -0.4 is 5.32 Å². The van der Waals surface area contributed by atoms with Gasteiger partial charge >= 0.3 is 0 Å². The molecule has 1 N–H and O–H groups in total. The van der Waals surface area contributed by atoms with Gasteiger partial charge in [-0.2, -0.15) is 0 Å². The number of hydrogen-bond donors (Lipinski definition) is 1. The first-order chi connectivity index (χ1) is 9.39. The quantitative estimate of drug-likeness (QED) is 0.854. The molecule has 0 fully saturated rings.